The maximum atomic E-state index is 5.82. The molecular formula is C17H21N5O2S2. The van der Waals surface area contributed by atoms with Crippen LogP contribution in [0.5, 0.6) is 5.75 Å². The molecule has 0 bridgehead atoms. The van der Waals surface area contributed by atoms with Gasteiger partial charge in [-0.15, -0.1) is 20.4 Å². The van der Waals surface area contributed by atoms with Gasteiger partial charge >= 0.3 is 0 Å². The summed E-state index contributed by atoms with van der Waals surface area (Å²) in [5.74, 6) is 1.85. The third-order valence-electron chi connectivity index (χ3n) is 3.62. The summed E-state index contributed by atoms with van der Waals surface area (Å²) in [7, 11) is 1.64. The van der Waals surface area contributed by atoms with Crippen molar-refractivity contribution in [2.75, 3.05) is 19.0 Å². The highest BCUT2D eigenvalue weighted by molar-refractivity contribution is 8.01. The fourth-order valence-corrected chi connectivity index (χ4v) is 4.10. The molecule has 138 valence electrons. The standard InChI is InChI=1S/C17H21N5O2S2/c1-4-5-10-18-16-21-22-17(26-16)25-11(2)14-19-20-15(24-14)12-6-8-13(23-3)9-7-12/h6-9,11H,4-5,10H2,1-3H3,(H,18,21). The average Bonchev–Trinajstić information content (AvgIpc) is 3.32. The lowest BCUT2D eigenvalue weighted by molar-refractivity contribution is 0.415. The number of rotatable bonds is 9. The Labute approximate surface area is 160 Å². The number of nitrogens with one attached hydrogen (secondary N) is 1. The van der Waals surface area contributed by atoms with E-state index in [1.54, 1.807) is 18.9 Å². The first kappa shape index (κ1) is 18.7. The molecule has 1 unspecified atom stereocenters. The molecule has 0 fully saturated rings. The highest BCUT2D eigenvalue weighted by Gasteiger charge is 2.18. The van der Waals surface area contributed by atoms with E-state index in [1.165, 1.54) is 11.3 Å². The molecule has 9 heteroatoms. The van der Waals surface area contributed by atoms with Crippen molar-refractivity contribution in [1.29, 1.82) is 0 Å². The van der Waals surface area contributed by atoms with Crippen LogP contribution in [0.4, 0.5) is 5.13 Å². The molecule has 0 aliphatic heterocycles. The minimum Gasteiger partial charge on any atom is -0.497 e. The van der Waals surface area contributed by atoms with Crippen molar-refractivity contribution >= 4 is 28.2 Å². The normalized spacial score (nSPS) is 12.1. The second-order valence-electron chi connectivity index (χ2n) is 5.59. The molecule has 1 N–H and O–H groups in total. The Morgan fingerprint density at radius 2 is 2.00 bits per heavy atom. The van der Waals surface area contributed by atoms with Crippen molar-refractivity contribution in [3.8, 4) is 17.2 Å². The molecule has 2 heterocycles. The molecule has 7 nitrogen and oxygen atoms in total. The number of nitrogens with zero attached hydrogens (tertiary/aromatic N) is 4. The third-order valence-corrected chi connectivity index (χ3v) is 5.67. The second kappa shape index (κ2) is 9.00. The SMILES string of the molecule is CCCCNc1nnc(SC(C)c2nnc(-c3ccc(OC)cc3)o2)s1. The number of methoxy groups -OCH3 is 1. The Balaban J connectivity index is 1.61. The summed E-state index contributed by atoms with van der Waals surface area (Å²) in [4.78, 5) is 0. The maximum Gasteiger partial charge on any atom is 0.247 e. The van der Waals surface area contributed by atoms with Crippen LogP contribution in [0, 0.1) is 0 Å². The van der Waals surface area contributed by atoms with Crippen LogP contribution in [0.1, 0.15) is 37.8 Å². The van der Waals surface area contributed by atoms with Crippen LogP contribution >= 0.6 is 23.1 Å². The molecule has 0 aliphatic carbocycles. The number of anilines is 1. The minimum absolute atomic E-state index is 0.00839. The molecule has 3 aromatic rings. The number of hydrogen-bond donors (Lipinski definition) is 1. The van der Waals surface area contributed by atoms with E-state index in [4.69, 9.17) is 9.15 Å². The van der Waals surface area contributed by atoms with E-state index in [2.05, 4.69) is 32.6 Å². The topological polar surface area (TPSA) is 86.0 Å². The van der Waals surface area contributed by atoms with E-state index in [1.807, 2.05) is 31.2 Å². The van der Waals surface area contributed by atoms with Crippen molar-refractivity contribution in [1.82, 2.24) is 20.4 Å². The van der Waals surface area contributed by atoms with Crippen LogP contribution in [0.15, 0.2) is 33.0 Å². The van der Waals surface area contributed by atoms with Gasteiger partial charge in [0.05, 0.1) is 12.4 Å². The van der Waals surface area contributed by atoms with Crippen molar-refractivity contribution in [3.05, 3.63) is 30.2 Å². The predicted molar refractivity (Wildman–Crippen MR) is 104 cm³/mol. The molecule has 3 rings (SSSR count). The van der Waals surface area contributed by atoms with Crippen LogP contribution < -0.4 is 10.1 Å². The summed E-state index contributed by atoms with van der Waals surface area (Å²) in [6, 6.07) is 7.53. The van der Waals surface area contributed by atoms with E-state index in [0.29, 0.717) is 11.8 Å². The summed E-state index contributed by atoms with van der Waals surface area (Å²) in [5.41, 5.74) is 0.861. The van der Waals surface area contributed by atoms with Crippen LogP contribution in [0.25, 0.3) is 11.5 Å². The maximum absolute atomic E-state index is 5.82. The number of hydrogen-bond acceptors (Lipinski definition) is 9. The monoisotopic (exact) mass is 391 g/mol. The lowest BCUT2D eigenvalue weighted by Gasteiger charge is -2.02. The van der Waals surface area contributed by atoms with Gasteiger partial charge in [0.1, 0.15) is 5.75 Å². The first-order chi connectivity index (χ1) is 12.7. The summed E-state index contributed by atoms with van der Waals surface area (Å²) < 4.78 is 11.9. The zero-order valence-electron chi connectivity index (χ0n) is 14.9. The van der Waals surface area contributed by atoms with Crippen molar-refractivity contribution in [2.24, 2.45) is 0 Å². The summed E-state index contributed by atoms with van der Waals surface area (Å²) in [6.07, 6.45) is 2.27. The minimum atomic E-state index is -0.00839. The summed E-state index contributed by atoms with van der Waals surface area (Å²) in [6.45, 7) is 5.09. The van der Waals surface area contributed by atoms with Gasteiger partial charge in [-0.2, -0.15) is 0 Å². The Morgan fingerprint density at radius 1 is 1.19 bits per heavy atom. The molecule has 26 heavy (non-hydrogen) atoms. The van der Waals surface area contributed by atoms with Gasteiger partial charge in [-0.1, -0.05) is 36.4 Å². The number of thioether (sulfide) groups is 1. The fourth-order valence-electron chi connectivity index (χ4n) is 2.15. The van der Waals surface area contributed by atoms with E-state index in [9.17, 15) is 0 Å². The Hall–Kier alpha value is -2.13. The predicted octanol–water partition coefficient (Wildman–Crippen LogP) is 4.66. The molecule has 1 aromatic carbocycles. The van der Waals surface area contributed by atoms with Gasteiger partial charge in [-0.25, -0.2) is 0 Å². The lowest BCUT2D eigenvalue weighted by Crippen LogP contribution is -1.99. The van der Waals surface area contributed by atoms with Crippen molar-refractivity contribution < 1.29 is 9.15 Å². The van der Waals surface area contributed by atoms with Gasteiger partial charge in [0.25, 0.3) is 0 Å². The van der Waals surface area contributed by atoms with Gasteiger partial charge in [0, 0.05) is 12.1 Å². The highest BCUT2D eigenvalue weighted by Crippen LogP contribution is 2.37. The molecular weight excluding hydrogens is 370 g/mol. The lowest BCUT2D eigenvalue weighted by atomic mass is 10.2. The third kappa shape index (κ3) is 4.73. The molecule has 1 atom stereocenters. The first-order valence-electron chi connectivity index (χ1n) is 8.41. The van der Waals surface area contributed by atoms with E-state index >= 15 is 0 Å². The van der Waals surface area contributed by atoms with E-state index in [0.717, 1.165) is 40.2 Å². The summed E-state index contributed by atoms with van der Waals surface area (Å²) in [5, 5.41) is 20.8. The van der Waals surface area contributed by atoms with Crippen LogP contribution in [-0.2, 0) is 0 Å². The van der Waals surface area contributed by atoms with E-state index < -0.39 is 0 Å². The molecule has 2 aromatic heterocycles. The zero-order valence-corrected chi connectivity index (χ0v) is 16.6. The zero-order chi connectivity index (χ0) is 18.4. The number of benzene rings is 1. The molecule has 0 amide bonds. The van der Waals surface area contributed by atoms with Gasteiger partial charge in [0.15, 0.2) is 4.34 Å². The summed E-state index contributed by atoms with van der Waals surface area (Å²) >= 11 is 3.10. The Kier molecular flexibility index (Phi) is 6.45. The van der Waals surface area contributed by atoms with Gasteiger partial charge in [-0.3, -0.25) is 0 Å². The smallest absolute Gasteiger partial charge is 0.247 e. The van der Waals surface area contributed by atoms with Crippen LogP contribution in [-0.4, -0.2) is 34.0 Å². The van der Waals surface area contributed by atoms with Gasteiger partial charge < -0.3 is 14.5 Å². The molecule has 0 aliphatic rings. The van der Waals surface area contributed by atoms with Crippen molar-refractivity contribution in [3.63, 3.8) is 0 Å². The van der Waals surface area contributed by atoms with Crippen molar-refractivity contribution in [2.45, 2.75) is 36.3 Å². The largest absolute Gasteiger partial charge is 0.497 e. The average molecular weight is 392 g/mol. The van der Waals surface area contributed by atoms with Crippen LogP contribution in [0.2, 0.25) is 0 Å². The number of ether oxygens (including phenoxy) is 1. The van der Waals surface area contributed by atoms with Gasteiger partial charge in [-0.05, 0) is 37.6 Å². The Bertz CT molecular complexity index is 819. The molecule has 0 spiro atoms. The Morgan fingerprint density at radius 3 is 2.73 bits per heavy atom. The molecule has 0 saturated carbocycles. The highest BCUT2D eigenvalue weighted by atomic mass is 32.2. The number of unbranched alkanes of at least 4 members (excludes halogenated alkanes) is 1. The second-order valence-corrected chi connectivity index (χ2v) is 8.15. The molecule has 0 saturated heterocycles. The first-order valence-corrected chi connectivity index (χ1v) is 10.1. The van der Waals surface area contributed by atoms with E-state index in [-0.39, 0.29) is 5.25 Å². The quantitative estimate of drug-likeness (QED) is 0.416. The van der Waals surface area contributed by atoms with Gasteiger partial charge in [0.2, 0.25) is 16.9 Å². The van der Waals surface area contributed by atoms with Crippen LogP contribution in [0.3, 0.4) is 0 Å². The number of aromatic nitrogens is 4. The fraction of sp³-hybridized carbons (Fsp3) is 0.412. The molecule has 0 radical (unpaired) electrons.